The SMILES string of the molecule is C[C@@H](Sc1ccc(C(C)(C)C)cc1)C(=O)NC1(C#N)CCCCC1. The number of nitriles is 1. The second kappa shape index (κ2) is 7.61. The van der Waals surface area contributed by atoms with Gasteiger partial charge in [0.15, 0.2) is 0 Å². The van der Waals surface area contributed by atoms with Crippen molar-refractivity contribution in [1.29, 1.82) is 5.26 Å². The Morgan fingerprint density at radius 3 is 2.29 bits per heavy atom. The van der Waals surface area contributed by atoms with Gasteiger partial charge in [0.2, 0.25) is 5.91 Å². The van der Waals surface area contributed by atoms with Crippen LogP contribution in [0.4, 0.5) is 0 Å². The predicted molar refractivity (Wildman–Crippen MR) is 100 cm³/mol. The van der Waals surface area contributed by atoms with Crippen molar-refractivity contribution in [3.05, 3.63) is 29.8 Å². The molecule has 0 aromatic heterocycles. The van der Waals surface area contributed by atoms with Crippen molar-refractivity contribution < 1.29 is 4.79 Å². The molecule has 0 unspecified atom stereocenters. The Labute approximate surface area is 150 Å². The van der Waals surface area contributed by atoms with E-state index in [9.17, 15) is 10.1 Å². The molecule has 1 saturated carbocycles. The van der Waals surface area contributed by atoms with Gasteiger partial charge in [-0.15, -0.1) is 11.8 Å². The molecule has 1 N–H and O–H groups in total. The van der Waals surface area contributed by atoms with Gasteiger partial charge in [-0.1, -0.05) is 52.2 Å². The molecule has 130 valence electrons. The van der Waals surface area contributed by atoms with Crippen LogP contribution in [0.3, 0.4) is 0 Å². The number of nitrogens with one attached hydrogen (secondary N) is 1. The zero-order chi connectivity index (χ0) is 17.8. The molecule has 1 aliphatic carbocycles. The van der Waals surface area contributed by atoms with Crippen LogP contribution in [0.2, 0.25) is 0 Å². The Hall–Kier alpha value is -1.47. The van der Waals surface area contributed by atoms with Gasteiger partial charge in [-0.05, 0) is 42.9 Å². The smallest absolute Gasteiger partial charge is 0.234 e. The van der Waals surface area contributed by atoms with E-state index >= 15 is 0 Å². The summed E-state index contributed by atoms with van der Waals surface area (Å²) in [5.74, 6) is -0.0386. The topological polar surface area (TPSA) is 52.9 Å². The molecule has 1 aliphatic rings. The normalized spacial score (nSPS) is 18.5. The second-order valence-corrected chi connectivity index (χ2v) is 9.19. The maximum atomic E-state index is 12.5. The summed E-state index contributed by atoms with van der Waals surface area (Å²) in [6.45, 7) is 8.48. The number of carbonyl (C=O) groups is 1. The van der Waals surface area contributed by atoms with E-state index in [1.54, 1.807) is 11.8 Å². The van der Waals surface area contributed by atoms with Crippen molar-refractivity contribution in [2.45, 2.75) is 80.9 Å². The monoisotopic (exact) mass is 344 g/mol. The van der Waals surface area contributed by atoms with Crippen LogP contribution < -0.4 is 5.32 Å². The van der Waals surface area contributed by atoms with Crippen LogP contribution >= 0.6 is 11.8 Å². The molecule has 24 heavy (non-hydrogen) atoms. The standard InChI is InChI=1S/C20H28N2OS/c1-15(18(23)22-20(14-21)12-6-5-7-13-20)24-17-10-8-16(9-11-17)19(2,3)4/h8-11,15H,5-7,12-13H2,1-4H3,(H,22,23)/t15-/m1/s1. The van der Waals surface area contributed by atoms with Gasteiger partial charge in [-0.25, -0.2) is 0 Å². The zero-order valence-corrected chi connectivity index (χ0v) is 16.0. The number of amides is 1. The Balaban J connectivity index is 1.97. The van der Waals surface area contributed by atoms with Crippen LogP contribution in [0.15, 0.2) is 29.2 Å². The maximum absolute atomic E-state index is 12.5. The maximum Gasteiger partial charge on any atom is 0.234 e. The minimum Gasteiger partial charge on any atom is -0.337 e. The third-order valence-electron chi connectivity index (χ3n) is 4.69. The van der Waals surface area contributed by atoms with Crippen molar-refractivity contribution in [3.8, 4) is 6.07 Å². The fourth-order valence-electron chi connectivity index (χ4n) is 3.05. The Bertz CT molecular complexity index is 604. The van der Waals surface area contributed by atoms with Gasteiger partial charge >= 0.3 is 0 Å². The van der Waals surface area contributed by atoms with Gasteiger partial charge in [-0.2, -0.15) is 5.26 Å². The molecule has 4 heteroatoms. The minimum absolute atomic E-state index is 0.0386. The van der Waals surface area contributed by atoms with Crippen molar-refractivity contribution in [1.82, 2.24) is 5.32 Å². The van der Waals surface area contributed by atoms with Crippen LogP contribution in [0.1, 0.15) is 65.4 Å². The molecule has 0 saturated heterocycles. The van der Waals surface area contributed by atoms with E-state index in [1.807, 2.05) is 6.92 Å². The number of nitrogens with zero attached hydrogens (tertiary/aromatic N) is 1. The van der Waals surface area contributed by atoms with Crippen molar-refractivity contribution in [3.63, 3.8) is 0 Å². The number of benzene rings is 1. The number of hydrogen-bond acceptors (Lipinski definition) is 3. The van der Waals surface area contributed by atoms with Crippen LogP contribution in [0, 0.1) is 11.3 Å². The summed E-state index contributed by atoms with van der Waals surface area (Å²) in [6, 6.07) is 10.8. The fraction of sp³-hybridized carbons (Fsp3) is 0.600. The summed E-state index contributed by atoms with van der Waals surface area (Å²) in [5, 5.41) is 12.3. The van der Waals surface area contributed by atoms with Gasteiger partial charge in [0.05, 0.1) is 11.3 Å². The fourth-order valence-corrected chi connectivity index (χ4v) is 3.92. The van der Waals surface area contributed by atoms with Crippen molar-refractivity contribution in [2.24, 2.45) is 0 Å². The Morgan fingerprint density at radius 2 is 1.79 bits per heavy atom. The van der Waals surface area contributed by atoms with Gasteiger partial charge in [-0.3, -0.25) is 4.79 Å². The highest BCUT2D eigenvalue weighted by Gasteiger charge is 2.34. The summed E-state index contributed by atoms with van der Waals surface area (Å²) in [4.78, 5) is 13.6. The quantitative estimate of drug-likeness (QED) is 0.798. The van der Waals surface area contributed by atoms with Gasteiger partial charge < -0.3 is 5.32 Å². The lowest BCUT2D eigenvalue weighted by atomic mass is 9.83. The first-order chi connectivity index (χ1) is 11.3. The van der Waals surface area contributed by atoms with Crippen LogP contribution in [0.5, 0.6) is 0 Å². The Kier molecular flexibility index (Phi) is 5.98. The third-order valence-corrected chi connectivity index (χ3v) is 5.80. The van der Waals surface area contributed by atoms with E-state index in [4.69, 9.17) is 0 Å². The molecule has 1 fully saturated rings. The van der Waals surface area contributed by atoms with E-state index < -0.39 is 5.54 Å². The highest BCUT2D eigenvalue weighted by atomic mass is 32.2. The lowest BCUT2D eigenvalue weighted by Gasteiger charge is -2.32. The van der Waals surface area contributed by atoms with Gasteiger partial charge in [0.25, 0.3) is 0 Å². The summed E-state index contributed by atoms with van der Waals surface area (Å²) < 4.78 is 0. The first-order valence-electron chi connectivity index (χ1n) is 8.76. The highest BCUT2D eigenvalue weighted by Crippen LogP contribution is 2.30. The molecule has 1 aromatic rings. The average molecular weight is 345 g/mol. The molecular weight excluding hydrogens is 316 g/mol. The van der Waals surface area contributed by atoms with E-state index in [2.05, 4.69) is 56.4 Å². The van der Waals surface area contributed by atoms with Crippen LogP contribution in [-0.2, 0) is 10.2 Å². The van der Waals surface area contributed by atoms with Crippen LogP contribution in [0.25, 0.3) is 0 Å². The van der Waals surface area contributed by atoms with Crippen molar-refractivity contribution in [2.75, 3.05) is 0 Å². The van der Waals surface area contributed by atoms with E-state index in [0.29, 0.717) is 0 Å². The average Bonchev–Trinajstić information content (AvgIpc) is 2.55. The lowest BCUT2D eigenvalue weighted by molar-refractivity contribution is -0.121. The van der Waals surface area contributed by atoms with E-state index in [1.165, 1.54) is 5.56 Å². The second-order valence-electron chi connectivity index (χ2n) is 7.78. The third kappa shape index (κ3) is 4.77. The minimum atomic E-state index is -0.653. The number of rotatable bonds is 4. The summed E-state index contributed by atoms with van der Waals surface area (Å²) in [6.07, 6.45) is 4.73. The summed E-state index contributed by atoms with van der Waals surface area (Å²) in [7, 11) is 0. The van der Waals surface area contributed by atoms with E-state index in [0.717, 1.165) is 37.0 Å². The molecule has 0 spiro atoms. The zero-order valence-electron chi connectivity index (χ0n) is 15.2. The number of hydrogen-bond donors (Lipinski definition) is 1. The molecular formula is C20H28N2OS. The molecule has 0 radical (unpaired) electrons. The highest BCUT2D eigenvalue weighted by molar-refractivity contribution is 8.00. The molecule has 1 amide bonds. The molecule has 1 aromatic carbocycles. The summed E-state index contributed by atoms with van der Waals surface area (Å²) >= 11 is 1.55. The predicted octanol–water partition coefficient (Wildman–Crippen LogP) is 4.81. The van der Waals surface area contributed by atoms with E-state index in [-0.39, 0.29) is 16.6 Å². The molecule has 0 bridgehead atoms. The first-order valence-corrected chi connectivity index (χ1v) is 9.64. The molecule has 1 atom stereocenters. The summed E-state index contributed by atoms with van der Waals surface area (Å²) in [5.41, 5.74) is 0.765. The van der Waals surface area contributed by atoms with Crippen LogP contribution in [-0.4, -0.2) is 16.7 Å². The lowest BCUT2D eigenvalue weighted by Crippen LogP contribution is -2.50. The van der Waals surface area contributed by atoms with Crippen molar-refractivity contribution >= 4 is 17.7 Å². The number of thioether (sulfide) groups is 1. The molecule has 0 aliphatic heterocycles. The molecule has 2 rings (SSSR count). The molecule has 3 nitrogen and oxygen atoms in total. The molecule has 0 heterocycles. The van der Waals surface area contributed by atoms with Gasteiger partial charge in [0.1, 0.15) is 5.54 Å². The Morgan fingerprint density at radius 1 is 1.21 bits per heavy atom. The largest absolute Gasteiger partial charge is 0.337 e. The number of carbonyl (C=O) groups excluding carboxylic acids is 1. The first kappa shape index (κ1) is 18.9. The van der Waals surface area contributed by atoms with Gasteiger partial charge in [0, 0.05) is 4.90 Å².